The van der Waals surface area contributed by atoms with E-state index >= 15 is 0 Å². The molecule has 0 saturated carbocycles. The average Bonchev–Trinajstić information content (AvgIpc) is 3.03. The summed E-state index contributed by atoms with van der Waals surface area (Å²) in [6.45, 7) is 2.36. The molecule has 1 unspecified atom stereocenters. The van der Waals surface area contributed by atoms with E-state index in [1.165, 1.54) is 12.1 Å². The molecule has 0 radical (unpaired) electrons. The van der Waals surface area contributed by atoms with Crippen LogP contribution in [0.15, 0.2) is 36.5 Å². The zero-order chi connectivity index (χ0) is 16.2. The van der Waals surface area contributed by atoms with Crippen molar-refractivity contribution in [2.75, 3.05) is 18.0 Å². The number of pyridine rings is 1. The molecule has 2 heterocycles. The van der Waals surface area contributed by atoms with E-state index in [0.29, 0.717) is 23.2 Å². The Morgan fingerprint density at radius 2 is 2.21 bits per heavy atom. The Kier molecular flexibility index (Phi) is 6.38. The first-order valence-corrected chi connectivity index (χ1v) is 7.82. The first-order valence-electron chi connectivity index (χ1n) is 7.44. The maximum absolute atomic E-state index is 13.0. The van der Waals surface area contributed by atoms with Gasteiger partial charge in [0.25, 0.3) is 0 Å². The minimum absolute atomic E-state index is 0. The fraction of sp³-hybridized carbons (Fsp3) is 0.294. The lowest BCUT2D eigenvalue weighted by Gasteiger charge is -2.18. The van der Waals surface area contributed by atoms with Gasteiger partial charge in [-0.3, -0.25) is 0 Å². The Labute approximate surface area is 151 Å². The minimum Gasteiger partial charge on any atom is -0.355 e. The van der Waals surface area contributed by atoms with Crippen LogP contribution in [0.4, 0.5) is 10.2 Å². The molecule has 1 N–H and O–H groups in total. The van der Waals surface area contributed by atoms with Gasteiger partial charge in [-0.25, -0.2) is 9.37 Å². The van der Waals surface area contributed by atoms with E-state index in [4.69, 9.17) is 16.9 Å². The van der Waals surface area contributed by atoms with Crippen molar-refractivity contribution < 1.29 is 4.39 Å². The number of hydrogen-bond donors (Lipinski definition) is 1. The molecular formula is C17H17Cl2FN4. The summed E-state index contributed by atoms with van der Waals surface area (Å²) in [4.78, 5) is 6.51. The van der Waals surface area contributed by atoms with Crippen LogP contribution < -0.4 is 10.2 Å². The SMILES string of the molecule is Cl.N#Cc1ccc(N2CCC(NCc3ccc(F)cc3Cl)C2)nc1. The molecule has 0 amide bonds. The maximum Gasteiger partial charge on any atom is 0.128 e. The average molecular weight is 367 g/mol. The van der Waals surface area contributed by atoms with Crippen LogP contribution in [-0.4, -0.2) is 24.1 Å². The van der Waals surface area contributed by atoms with Crippen molar-refractivity contribution in [2.45, 2.75) is 19.0 Å². The molecule has 1 atom stereocenters. The van der Waals surface area contributed by atoms with Crippen molar-refractivity contribution in [1.29, 1.82) is 5.26 Å². The molecule has 1 aliphatic heterocycles. The Hall–Kier alpha value is -1.87. The second kappa shape index (κ2) is 8.29. The summed E-state index contributed by atoms with van der Waals surface area (Å²) < 4.78 is 13.0. The van der Waals surface area contributed by atoms with E-state index in [2.05, 4.69) is 21.3 Å². The van der Waals surface area contributed by atoms with E-state index in [-0.39, 0.29) is 18.2 Å². The van der Waals surface area contributed by atoms with Gasteiger partial charge in [0.15, 0.2) is 0 Å². The molecule has 1 aromatic carbocycles. The zero-order valence-electron chi connectivity index (χ0n) is 12.9. The molecule has 0 spiro atoms. The largest absolute Gasteiger partial charge is 0.355 e. The molecule has 1 fully saturated rings. The summed E-state index contributed by atoms with van der Waals surface area (Å²) in [5.74, 6) is 0.561. The van der Waals surface area contributed by atoms with Crippen molar-refractivity contribution in [3.05, 3.63) is 58.5 Å². The Morgan fingerprint density at radius 3 is 2.88 bits per heavy atom. The monoisotopic (exact) mass is 366 g/mol. The number of nitrogens with zero attached hydrogens (tertiary/aromatic N) is 3. The second-order valence-corrected chi connectivity index (χ2v) is 5.97. The lowest BCUT2D eigenvalue weighted by molar-refractivity contribution is 0.550. The molecule has 2 aromatic rings. The van der Waals surface area contributed by atoms with Gasteiger partial charge >= 0.3 is 0 Å². The first kappa shape index (κ1) is 18.5. The lowest BCUT2D eigenvalue weighted by Crippen LogP contribution is -2.32. The minimum atomic E-state index is -0.322. The molecular weight excluding hydrogens is 350 g/mol. The zero-order valence-corrected chi connectivity index (χ0v) is 14.4. The third kappa shape index (κ3) is 4.35. The smallest absolute Gasteiger partial charge is 0.128 e. The highest BCUT2D eigenvalue weighted by Crippen LogP contribution is 2.20. The third-order valence-corrected chi connectivity index (χ3v) is 4.34. The molecule has 1 saturated heterocycles. The summed E-state index contributed by atoms with van der Waals surface area (Å²) in [6, 6.07) is 10.5. The summed E-state index contributed by atoms with van der Waals surface area (Å²) >= 11 is 6.04. The highest BCUT2D eigenvalue weighted by Gasteiger charge is 2.23. The highest BCUT2D eigenvalue weighted by molar-refractivity contribution is 6.31. The van der Waals surface area contributed by atoms with Gasteiger partial charge in [-0.15, -0.1) is 12.4 Å². The number of benzene rings is 1. The fourth-order valence-corrected chi connectivity index (χ4v) is 2.93. The number of nitriles is 1. The maximum atomic E-state index is 13.0. The topological polar surface area (TPSA) is 52.0 Å². The predicted octanol–water partition coefficient (Wildman–Crippen LogP) is 3.54. The van der Waals surface area contributed by atoms with Gasteiger partial charge in [0, 0.05) is 36.9 Å². The third-order valence-electron chi connectivity index (χ3n) is 3.99. The standard InChI is InChI=1S/C17H16ClFN4.ClH/c18-16-7-14(19)3-2-13(16)10-21-15-5-6-23(11-15)17-4-1-12(8-20)9-22-17;/h1-4,7,9,15,21H,5-6,10-11H2;1H. The van der Waals surface area contributed by atoms with Crippen molar-refractivity contribution in [2.24, 2.45) is 0 Å². The van der Waals surface area contributed by atoms with Gasteiger partial charge in [0.05, 0.1) is 5.56 Å². The summed E-state index contributed by atoms with van der Waals surface area (Å²) in [5, 5.41) is 12.7. The van der Waals surface area contributed by atoms with Crippen molar-refractivity contribution >= 4 is 29.8 Å². The van der Waals surface area contributed by atoms with Crippen LogP contribution in [0.5, 0.6) is 0 Å². The van der Waals surface area contributed by atoms with Gasteiger partial charge in [-0.2, -0.15) is 5.26 Å². The van der Waals surface area contributed by atoms with Crippen LogP contribution in [0, 0.1) is 17.1 Å². The molecule has 0 bridgehead atoms. The van der Waals surface area contributed by atoms with Crippen LogP contribution in [0.2, 0.25) is 5.02 Å². The van der Waals surface area contributed by atoms with Crippen LogP contribution in [-0.2, 0) is 6.54 Å². The van der Waals surface area contributed by atoms with Crippen LogP contribution in [0.25, 0.3) is 0 Å². The van der Waals surface area contributed by atoms with E-state index in [0.717, 1.165) is 30.9 Å². The van der Waals surface area contributed by atoms with E-state index in [1.807, 2.05) is 6.07 Å². The Bertz CT molecular complexity index is 730. The number of anilines is 1. The number of rotatable bonds is 4. The number of hydrogen-bond acceptors (Lipinski definition) is 4. The summed E-state index contributed by atoms with van der Waals surface area (Å²) in [6.07, 6.45) is 2.59. The van der Waals surface area contributed by atoms with Gasteiger partial charge in [0.1, 0.15) is 17.7 Å². The molecule has 1 aliphatic rings. The van der Waals surface area contributed by atoms with Gasteiger partial charge in [-0.05, 0) is 36.2 Å². The molecule has 1 aromatic heterocycles. The van der Waals surface area contributed by atoms with Crippen molar-refractivity contribution in [1.82, 2.24) is 10.3 Å². The normalized spacial score (nSPS) is 16.5. The van der Waals surface area contributed by atoms with E-state index in [1.54, 1.807) is 18.3 Å². The fourth-order valence-electron chi connectivity index (χ4n) is 2.69. The molecule has 0 aliphatic carbocycles. The summed E-state index contributed by atoms with van der Waals surface area (Å²) in [7, 11) is 0. The lowest BCUT2D eigenvalue weighted by atomic mass is 10.2. The van der Waals surface area contributed by atoms with Gasteiger partial charge in [-0.1, -0.05) is 17.7 Å². The molecule has 3 rings (SSSR count). The molecule has 24 heavy (non-hydrogen) atoms. The van der Waals surface area contributed by atoms with Gasteiger partial charge < -0.3 is 10.2 Å². The van der Waals surface area contributed by atoms with E-state index < -0.39 is 0 Å². The quantitative estimate of drug-likeness (QED) is 0.898. The highest BCUT2D eigenvalue weighted by atomic mass is 35.5. The van der Waals surface area contributed by atoms with E-state index in [9.17, 15) is 4.39 Å². The van der Waals surface area contributed by atoms with Crippen LogP contribution >= 0.6 is 24.0 Å². The van der Waals surface area contributed by atoms with Crippen molar-refractivity contribution in [3.8, 4) is 6.07 Å². The Balaban J connectivity index is 0.00000208. The Morgan fingerprint density at radius 1 is 1.38 bits per heavy atom. The molecule has 4 nitrogen and oxygen atoms in total. The number of aromatic nitrogens is 1. The summed E-state index contributed by atoms with van der Waals surface area (Å²) in [5.41, 5.74) is 1.46. The van der Waals surface area contributed by atoms with Gasteiger partial charge in [0.2, 0.25) is 0 Å². The van der Waals surface area contributed by atoms with Crippen LogP contribution in [0.3, 0.4) is 0 Å². The molecule has 126 valence electrons. The number of nitrogens with one attached hydrogen (secondary N) is 1. The molecule has 7 heteroatoms. The number of halogens is 3. The first-order chi connectivity index (χ1) is 11.2. The predicted molar refractivity (Wildman–Crippen MR) is 95.1 cm³/mol. The second-order valence-electron chi connectivity index (χ2n) is 5.57. The van der Waals surface area contributed by atoms with Crippen molar-refractivity contribution in [3.63, 3.8) is 0 Å². The van der Waals surface area contributed by atoms with Crippen LogP contribution in [0.1, 0.15) is 17.5 Å².